The second kappa shape index (κ2) is 5.97. The number of rotatable bonds is 5. The van der Waals surface area contributed by atoms with Crippen LogP contribution in [-0.2, 0) is 22.6 Å². The summed E-state index contributed by atoms with van der Waals surface area (Å²) in [4.78, 5) is 12.3. The highest BCUT2D eigenvalue weighted by Gasteiger charge is 2.69. The highest BCUT2D eigenvalue weighted by atomic mass is 19.2. The third-order valence-electron chi connectivity index (χ3n) is 5.66. The number of hydrogen-bond acceptors (Lipinski definition) is 3. The van der Waals surface area contributed by atoms with Crippen molar-refractivity contribution >= 4 is 5.97 Å². The van der Waals surface area contributed by atoms with Crippen LogP contribution in [0.25, 0.3) is 0 Å². The summed E-state index contributed by atoms with van der Waals surface area (Å²) in [6.07, 6.45) is 0.118. The number of carbonyl (C=O) groups excluding carboxylic acids is 1. The van der Waals surface area contributed by atoms with Gasteiger partial charge >= 0.3 is 5.97 Å². The van der Waals surface area contributed by atoms with Crippen molar-refractivity contribution in [1.82, 2.24) is 0 Å². The first-order chi connectivity index (χ1) is 11.0. The Hall–Kier alpha value is -1.72. The van der Waals surface area contributed by atoms with E-state index in [4.69, 9.17) is 4.74 Å². The second-order valence-electron chi connectivity index (χ2n) is 7.27. The zero-order valence-corrected chi connectivity index (χ0v) is 14.9. The zero-order chi connectivity index (χ0) is 18.4. The molecule has 0 spiro atoms. The fourth-order valence-electron chi connectivity index (χ4n) is 3.44. The summed E-state index contributed by atoms with van der Waals surface area (Å²) in [7, 11) is 1.07. The van der Waals surface area contributed by atoms with E-state index in [0.29, 0.717) is 0 Å². The van der Waals surface area contributed by atoms with Crippen molar-refractivity contribution in [3.05, 3.63) is 28.6 Å². The lowest BCUT2D eigenvalue weighted by molar-refractivity contribution is -0.148. The van der Waals surface area contributed by atoms with Gasteiger partial charge in [0.2, 0.25) is 5.82 Å². The molecule has 0 N–H and O–H groups in total. The van der Waals surface area contributed by atoms with Crippen LogP contribution < -0.4 is 4.74 Å². The van der Waals surface area contributed by atoms with Gasteiger partial charge in [0.15, 0.2) is 17.4 Å². The lowest BCUT2D eigenvalue weighted by Crippen LogP contribution is -2.15. The van der Waals surface area contributed by atoms with Crippen molar-refractivity contribution in [2.75, 3.05) is 7.11 Å². The van der Waals surface area contributed by atoms with Gasteiger partial charge in [0.25, 0.3) is 0 Å². The molecular weight excluding hydrogens is 321 g/mol. The molecule has 1 fully saturated rings. The molecule has 0 aliphatic heterocycles. The number of benzene rings is 1. The molecule has 0 atom stereocenters. The summed E-state index contributed by atoms with van der Waals surface area (Å²) in [6, 6.07) is 0. The molecule has 0 amide bonds. The summed E-state index contributed by atoms with van der Waals surface area (Å²) in [6.45, 7) is 8.89. The highest BCUT2D eigenvalue weighted by molar-refractivity contribution is 5.78. The molecule has 0 aromatic heterocycles. The van der Waals surface area contributed by atoms with Gasteiger partial charge in [0, 0.05) is 11.1 Å². The normalized spacial score (nSPS) is 18.4. The first kappa shape index (κ1) is 18.6. The Morgan fingerprint density at radius 3 is 1.96 bits per heavy atom. The molecular formula is C18H23F3O3. The summed E-state index contributed by atoms with van der Waals surface area (Å²) >= 11 is 0. The second-order valence-corrected chi connectivity index (χ2v) is 7.27. The first-order valence-corrected chi connectivity index (χ1v) is 7.91. The van der Waals surface area contributed by atoms with E-state index in [0.717, 1.165) is 7.11 Å². The monoisotopic (exact) mass is 344 g/mol. The minimum absolute atomic E-state index is 0.0483. The van der Waals surface area contributed by atoms with Crippen molar-refractivity contribution < 1.29 is 27.4 Å². The number of ether oxygens (including phenoxy) is 2. The largest absolute Gasteiger partial charge is 0.491 e. The van der Waals surface area contributed by atoms with E-state index in [1.165, 1.54) is 0 Å². The molecule has 0 heterocycles. The molecule has 6 heteroatoms. The Kier molecular flexibility index (Phi) is 4.63. The van der Waals surface area contributed by atoms with Crippen LogP contribution in [0.4, 0.5) is 13.2 Å². The van der Waals surface area contributed by atoms with Crippen LogP contribution in [0.5, 0.6) is 5.75 Å². The van der Waals surface area contributed by atoms with Crippen LogP contribution in [0.1, 0.15) is 45.7 Å². The van der Waals surface area contributed by atoms with E-state index in [-0.39, 0.29) is 34.3 Å². The quantitative estimate of drug-likeness (QED) is 0.587. The minimum Gasteiger partial charge on any atom is -0.491 e. The number of hydrogen-bond donors (Lipinski definition) is 0. The maximum atomic E-state index is 14.2. The van der Waals surface area contributed by atoms with Gasteiger partial charge in [-0.1, -0.05) is 34.6 Å². The SMILES string of the molecule is CCc1c(F)c(OC)c(F)c(F)c1COC(=O)C1C(C)(C)C1(C)C. The molecule has 0 saturated heterocycles. The van der Waals surface area contributed by atoms with E-state index in [2.05, 4.69) is 4.74 Å². The molecule has 1 aromatic rings. The van der Waals surface area contributed by atoms with Crippen molar-refractivity contribution in [1.29, 1.82) is 0 Å². The van der Waals surface area contributed by atoms with Crippen LogP contribution in [0.2, 0.25) is 0 Å². The average molecular weight is 344 g/mol. The van der Waals surface area contributed by atoms with E-state index in [1.807, 2.05) is 27.7 Å². The average Bonchev–Trinajstić information content (AvgIpc) is 2.91. The standard InChI is InChI=1S/C18H23F3O3/c1-7-9-10(11(19)13(21)14(23-6)12(9)20)8-24-16(22)15-17(2,3)18(15,4)5/h15H,7-8H2,1-6H3. The Morgan fingerprint density at radius 1 is 1.00 bits per heavy atom. The molecule has 134 valence electrons. The van der Waals surface area contributed by atoms with Crippen molar-refractivity contribution in [3.63, 3.8) is 0 Å². The van der Waals surface area contributed by atoms with Gasteiger partial charge in [-0.05, 0) is 17.3 Å². The first-order valence-electron chi connectivity index (χ1n) is 7.91. The van der Waals surface area contributed by atoms with Crippen LogP contribution >= 0.6 is 0 Å². The van der Waals surface area contributed by atoms with Crippen molar-refractivity contribution in [2.45, 2.75) is 47.6 Å². The van der Waals surface area contributed by atoms with Gasteiger partial charge in [0.05, 0.1) is 13.0 Å². The Balaban J connectivity index is 2.27. The molecule has 2 rings (SSSR count). The van der Waals surface area contributed by atoms with Crippen molar-refractivity contribution in [3.8, 4) is 5.75 Å². The number of esters is 1. The number of halogens is 3. The van der Waals surface area contributed by atoms with Gasteiger partial charge in [-0.15, -0.1) is 0 Å². The predicted octanol–water partition coefficient (Wildman–Crippen LogP) is 4.40. The summed E-state index contributed by atoms with van der Waals surface area (Å²) in [5.74, 6) is -5.19. The van der Waals surface area contributed by atoms with E-state index in [9.17, 15) is 18.0 Å². The Bertz CT molecular complexity index is 667. The molecule has 0 bridgehead atoms. The molecule has 24 heavy (non-hydrogen) atoms. The number of methoxy groups -OCH3 is 1. The maximum absolute atomic E-state index is 14.2. The number of carbonyl (C=O) groups is 1. The van der Waals surface area contributed by atoms with Gasteiger partial charge in [-0.25, -0.2) is 8.78 Å². The molecule has 1 aromatic carbocycles. The minimum atomic E-state index is -1.41. The highest BCUT2D eigenvalue weighted by Crippen LogP contribution is 2.68. The fourth-order valence-corrected chi connectivity index (χ4v) is 3.44. The van der Waals surface area contributed by atoms with Crippen LogP contribution in [0.3, 0.4) is 0 Å². The summed E-state index contributed by atoms with van der Waals surface area (Å²) in [5, 5.41) is 0. The van der Waals surface area contributed by atoms with Crippen molar-refractivity contribution in [2.24, 2.45) is 16.7 Å². The lowest BCUT2D eigenvalue weighted by atomic mass is 10.0. The summed E-state index contributed by atoms with van der Waals surface area (Å²) < 4.78 is 52.1. The fraction of sp³-hybridized carbons (Fsp3) is 0.611. The lowest BCUT2D eigenvalue weighted by Gasteiger charge is -2.15. The smallest absolute Gasteiger partial charge is 0.310 e. The molecule has 3 nitrogen and oxygen atoms in total. The van der Waals surface area contributed by atoms with Gasteiger partial charge in [-0.3, -0.25) is 4.79 Å². The van der Waals surface area contributed by atoms with Crippen LogP contribution in [0, 0.1) is 34.2 Å². The Labute approximate surface area is 140 Å². The van der Waals surface area contributed by atoms with E-state index >= 15 is 0 Å². The third kappa shape index (κ3) is 2.56. The van der Waals surface area contributed by atoms with Gasteiger partial charge in [0.1, 0.15) is 6.61 Å². The van der Waals surface area contributed by atoms with E-state index in [1.54, 1.807) is 6.92 Å². The molecule has 1 aliphatic carbocycles. The molecule has 0 radical (unpaired) electrons. The topological polar surface area (TPSA) is 35.5 Å². The van der Waals surface area contributed by atoms with Gasteiger partial charge in [-0.2, -0.15) is 4.39 Å². The predicted molar refractivity (Wildman–Crippen MR) is 83.1 cm³/mol. The Morgan fingerprint density at radius 2 is 1.54 bits per heavy atom. The third-order valence-corrected chi connectivity index (χ3v) is 5.66. The van der Waals surface area contributed by atoms with Crippen LogP contribution in [0.15, 0.2) is 0 Å². The van der Waals surface area contributed by atoms with Gasteiger partial charge < -0.3 is 9.47 Å². The molecule has 1 aliphatic rings. The van der Waals surface area contributed by atoms with Crippen LogP contribution in [-0.4, -0.2) is 13.1 Å². The molecule has 1 saturated carbocycles. The summed E-state index contributed by atoms with van der Waals surface area (Å²) in [5.41, 5.74) is -0.787. The zero-order valence-electron chi connectivity index (χ0n) is 14.9. The van der Waals surface area contributed by atoms with E-state index < -0.39 is 35.8 Å². The molecule has 0 unspecified atom stereocenters. The maximum Gasteiger partial charge on any atom is 0.310 e.